The first-order valence-electron chi connectivity index (χ1n) is 19.7. The highest BCUT2D eigenvalue weighted by molar-refractivity contribution is 5.15. The predicted octanol–water partition coefficient (Wildman–Crippen LogP) is 11.1. The van der Waals surface area contributed by atoms with E-state index in [1.54, 1.807) is 0 Å². The van der Waals surface area contributed by atoms with E-state index < -0.39 is 12.3 Å². The number of hydrogen-bond acceptors (Lipinski definition) is 7. The van der Waals surface area contributed by atoms with E-state index in [-0.39, 0.29) is 0 Å². The quantitative estimate of drug-likeness (QED) is 0.0536. The molecular weight excluding hydrogens is 616 g/mol. The molecule has 0 aliphatic rings. The molecule has 7 nitrogen and oxygen atoms in total. The smallest absolute Gasteiger partial charge is 0.303 e. The van der Waals surface area contributed by atoms with Gasteiger partial charge in [0.1, 0.15) is 0 Å². The Bertz CT molecular complexity index is 884. The van der Waals surface area contributed by atoms with Crippen LogP contribution in [0.1, 0.15) is 142 Å². The molecule has 0 heterocycles. The van der Waals surface area contributed by atoms with E-state index in [1.807, 2.05) is 0 Å². The number of ether oxygens (including phenoxy) is 7. The van der Waals surface area contributed by atoms with Gasteiger partial charge in [-0.3, -0.25) is 0 Å². The molecule has 0 aliphatic heterocycles. The minimum absolute atomic E-state index is 0.396. The zero-order valence-corrected chi connectivity index (χ0v) is 31.6. The van der Waals surface area contributed by atoms with Gasteiger partial charge in [-0.2, -0.15) is 0 Å². The summed E-state index contributed by atoms with van der Waals surface area (Å²) in [6, 6.07) is 21.1. The molecule has 0 aromatic heterocycles. The molecule has 0 unspecified atom stereocenters. The number of rotatable bonds is 34. The second-order valence-corrected chi connectivity index (χ2v) is 12.9. The largest absolute Gasteiger partial charge is 0.418 e. The van der Waals surface area contributed by atoms with Crippen molar-refractivity contribution >= 4 is 0 Å². The van der Waals surface area contributed by atoms with Gasteiger partial charge in [0.15, 0.2) is 0 Å². The van der Waals surface area contributed by atoms with Crippen LogP contribution in [-0.4, -0.2) is 52.0 Å². The Labute approximate surface area is 299 Å². The highest BCUT2D eigenvalue weighted by Crippen LogP contribution is 2.31. The average Bonchev–Trinajstić information content (AvgIpc) is 3.13. The van der Waals surface area contributed by atoms with Gasteiger partial charge >= 0.3 is 12.3 Å². The molecule has 0 spiro atoms. The standard InChI is InChI=1S/C42H70O7/c1-5-9-21-33-43-41(44-34-22-10-6-2,47-37-25-19-31-39-27-15-13-16-28-39)49-42(45-35-23-11-7-3,46-36-24-12-8-4)48-38-26-20-32-40-29-17-14-18-30-40/h13-18,27-30H,5-12,19-26,31-38H2,1-4H3. The van der Waals surface area contributed by atoms with Crippen LogP contribution in [0.2, 0.25) is 0 Å². The minimum Gasteiger partial charge on any atom is -0.303 e. The first-order valence-corrected chi connectivity index (χ1v) is 19.7. The third kappa shape index (κ3) is 20.6. The van der Waals surface area contributed by atoms with Gasteiger partial charge in [0, 0.05) is 0 Å². The fourth-order valence-corrected chi connectivity index (χ4v) is 5.32. The van der Waals surface area contributed by atoms with E-state index in [4.69, 9.17) is 33.2 Å². The highest BCUT2D eigenvalue weighted by atomic mass is 17.1. The van der Waals surface area contributed by atoms with Gasteiger partial charge in [0.25, 0.3) is 0 Å². The van der Waals surface area contributed by atoms with Crippen LogP contribution in [-0.2, 0) is 46.0 Å². The summed E-state index contributed by atoms with van der Waals surface area (Å²) in [6.07, 6.45) is 13.8. The Balaban J connectivity index is 2.30. The van der Waals surface area contributed by atoms with Crippen LogP contribution in [0.15, 0.2) is 60.7 Å². The van der Waals surface area contributed by atoms with Gasteiger partial charge in [-0.1, -0.05) is 140 Å². The maximum atomic E-state index is 6.74. The molecule has 2 aromatic rings. The molecule has 0 amide bonds. The van der Waals surface area contributed by atoms with Crippen molar-refractivity contribution in [1.29, 1.82) is 0 Å². The summed E-state index contributed by atoms with van der Waals surface area (Å²) in [6.45, 7) is 11.2. The normalized spacial score (nSPS) is 12.2. The van der Waals surface area contributed by atoms with Crippen molar-refractivity contribution in [2.24, 2.45) is 0 Å². The molecule has 0 saturated heterocycles. The van der Waals surface area contributed by atoms with Crippen molar-refractivity contribution in [3.8, 4) is 0 Å². The lowest BCUT2D eigenvalue weighted by Crippen LogP contribution is -2.55. The Morgan fingerprint density at radius 3 is 0.878 bits per heavy atom. The van der Waals surface area contributed by atoms with E-state index in [0.29, 0.717) is 39.6 Å². The van der Waals surface area contributed by atoms with Crippen LogP contribution in [0, 0.1) is 0 Å². The molecule has 0 fully saturated rings. The Morgan fingerprint density at radius 2 is 0.612 bits per heavy atom. The maximum Gasteiger partial charge on any atom is 0.418 e. The molecule has 280 valence electrons. The Hall–Kier alpha value is -1.84. The van der Waals surface area contributed by atoms with Crippen molar-refractivity contribution in [3.63, 3.8) is 0 Å². The summed E-state index contributed by atoms with van der Waals surface area (Å²) in [5, 5.41) is 0. The average molecular weight is 687 g/mol. The molecule has 2 rings (SSSR count). The molecule has 0 saturated carbocycles. The first-order chi connectivity index (χ1) is 24.1. The Morgan fingerprint density at radius 1 is 0.347 bits per heavy atom. The van der Waals surface area contributed by atoms with Crippen molar-refractivity contribution in [1.82, 2.24) is 0 Å². The summed E-state index contributed by atoms with van der Waals surface area (Å²) < 4.78 is 45.6. The van der Waals surface area contributed by atoms with Crippen LogP contribution in [0.4, 0.5) is 0 Å². The van der Waals surface area contributed by atoms with Crippen molar-refractivity contribution in [3.05, 3.63) is 71.8 Å². The number of unbranched alkanes of at least 4 members (excludes halogenated alkanes) is 10. The molecule has 0 bridgehead atoms. The van der Waals surface area contributed by atoms with Crippen LogP contribution < -0.4 is 0 Å². The second-order valence-electron chi connectivity index (χ2n) is 12.9. The maximum absolute atomic E-state index is 6.74. The van der Waals surface area contributed by atoms with Gasteiger partial charge in [0.05, 0.1) is 39.6 Å². The summed E-state index contributed by atoms with van der Waals surface area (Å²) in [5.74, 6) is 0. The van der Waals surface area contributed by atoms with Gasteiger partial charge in [-0.05, 0) is 75.3 Å². The summed E-state index contributed by atoms with van der Waals surface area (Å²) in [5.41, 5.74) is 2.63. The van der Waals surface area contributed by atoms with E-state index in [0.717, 1.165) is 116 Å². The lowest BCUT2D eigenvalue weighted by Gasteiger charge is -2.40. The third-order valence-electron chi connectivity index (χ3n) is 8.32. The number of hydrogen-bond donors (Lipinski definition) is 0. The summed E-state index contributed by atoms with van der Waals surface area (Å²) in [4.78, 5) is 0. The zero-order chi connectivity index (χ0) is 35.1. The van der Waals surface area contributed by atoms with Crippen LogP contribution >= 0.6 is 0 Å². The van der Waals surface area contributed by atoms with Gasteiger partial charge < -0.3 is 28.4 Å². The van der Waals surface area contributed by atoms with Crippen LogP contribution in [0.25, 0.3) is 0 Å². The lowest BCUT2D eigenvalue weighted by atomic mass is 10.1. The molecule has 49 heavy (non-hydrogen) atoms. The van der Waals surface area contributed by atoms with Gasteiger partial charge in [0.2, 0.25) is 0 Å². The summed E-state index contributed by atoms with van der Waals surface area (Å²) in [7, 11) is 0. The fourth-order valence-electron chi connectivity index (χ4n) is 5.32. The monoisotopic (exact) mass is 687 g/mol. The highest BCUT2D eigenvalue weighted by Gasteiger charge is 2.49. The molecule has 0 aliphatic carbocycles. The van der Waals surface area contributed by atoms with Crippen molar-refractivity contribution in [2.75, 3.05) is 39.6 Å². The van der Waals surface area contributed by atoms with Crippen molar-refractivity contribution < 1.29 is 33.2 Å². The SMILES string of the molecule is CCCCCOC(OCCCCC)(OCCCCc1ccccc1)OC(OCCCCC)(OCCCCC)OCCCCc1ccccc1. The Kier molecular flexibility index (Phi) is 25.5. The predicted molar refractivity (Wildman–Crippen MR) is 199 cm³/mol. The van der Waals surface area contributed by atoms with Crippen molar-refractivity contribution in [2.45, 2.75) is 156 Å². The first kappa shape index (κ1) is 43.3. The third-order valence-corrected chi connectivity index (χ3v) is 8.32. The summed E-state index contributed by atoms with van der Waals surface area (Å²) >= 11 is 0. The number of benzene rings is 2. The second kappa shape index (κ2) is 28.8. The fraction of sp³-hybridized carbons (Fsp3) is 0.714. The van der Waals surface area contributed by atoms with E-state index in [2.05, 4.69) is 88.4 Å². The molecular formula is C42H70O7. The van der Waals surface area contributed by atoms with Gasteiger partial charge in [-0.15, -0.1) is 0 Å². The molecule has 2 aromatic carbocycles. The molecule has 7 heteroatoms. The van der Waals surface area contributed by atoms with Gasteiger partial charge in [-0.25, -0.2) is 4.74 Å². The molecule has 0 atom stereocenters. The molecule has 0 N–H and O–H groups in total. The number of aryl methyl sites for hydroxylation is 2. The van der Waals surface area contributed by atoms with Crippen LogP contribution in [0.5, 0.6) is 0 Å². The minimum atomic E-state index is -1.83. The topological polar surface area (TPSA) is 64.6 Å². The molecule has 0 radical (unpaired) electrons. The van der Waals surface area contributed by atoms with Crippen LogP contribution in [0.3, 0.4) is 0 Å². The lowest BCUT2D eigenvalue weighted by molar-refractivity contribution is -0.620. The van der Waals surface area contributed by atoms with E-state index in [1.165, 1.54) is 11.1 Å². The van der Waals surface area contributed by atoms with E-state index >= 15 is 0 Å². The van der Waals surface area contributed by atoms with E-state index in [9.17, 15) is 0 Å². The zero-order valence-electron chi connectivity index (χ0n) is 31.6.